The summed E-state index contributed by atoms with van der Waals surface area (Å²) in [5.41, 5.74) is 0.0857. The molecule has 8 heteroatoms. The van der Waals surface area contributed by atoms with Gasteiger partial charge in [0.05, 0.1) is 30.0 Å². The summed E-state index contributed by atoms with van der Waals surface area (Å²) in [4.78, 5) is 14.9. The van der Waals surface area contributed by atoms with Crippen LogP contribution < -0.4 is 4.72 Å². The first-order valence-corrected chi connectivity index (χ1v) is 14.4. The Morgan fingerprint density at radius 1 is 1.09 bits per heavy atom. The van der Waals surface area contributed by atoms with Crippen molar-refractivity contribution in [3.63, 3.8) is 0 Å². The zero-order chi connectivity index (χ0) is 24.4. The van der Waals surface area contributed by atoms with Crippen molar-refractivity contribution in [1.82, 2.24) is 9.62 Å². The van der Waals surface area contributed by atoms with E-state index in [0.717, 1.165) is 32.1 Å². The molecule has 7 nitrogen and oxygen atoms in total. The monoisotopic (exact) mass is 492 g/mol. The molecule has 4 rings (SSSR count). The molecule has 0 radical (unpaired) electrons. The van der Waals surface area contributed by atoms with E-state index in [4.69, 9.17) is 9.47 Å². The van der Waals surface area contributed by atoms with E-state index in [-0.39, 0.29) is 17.9 Å². The van der Waals surface area contributed by atoms with Crippen LogP contribution >= 0.6 is 0 Å². The molecule has 2 saturated heterocycles. The lowest BCUT2D eigenvalue weighted by Crippen LogP contribution is -2.69. The number of rotatable bonds is 4. The zero-order valence-corrected chi connectivity index (χ0v) is 21.6. The van der Waals surface area contributed by atoms with E-state index in [2.05, 4.69) is 29.0 Å². The number of hydrogen-bond donors (Lipinski definition) is 1. The van der Waals surface area contributed by atoms with Crippen LogP contribution in [0.5, 0.6) is 0 Å². The highest BCUT2D eigenvalue weighted by molar-refractivity contribution is 7.89. The van der Waals surface area contributed by atoms with Gasteiger partial charge in [0.15, 0.2) is 0 Å². The number of sulfonamides is 1. The number of amides is 1. The number of ether oxygens (including phenoxy) is 2. The van der Waals surface area contributed by atoms with E-state index in [1.54, 1.807) is 4.90 Å². The Morgan fingerprint density at radius 3 is 2.41 bits per heavy atom. The number of benzene rings is 1. The summed E-state index contributed by atoms with van der Waals surface area (Å²) in [6.07, 6.45) is 6.57. The summed E-state index contributed by atoms with van der Waals surface area (Å²) in [7, 11) is -3.37. The van der Waals surface area contributed by atoms with Gasteiger partial charge in [-0.1, -0.05) is 30.3 Å². The number of likely N-dealkylation sites (tertiary alicyclic amines) is 1. The first-order valence-electron chi connectivity index (χ1n) is 12.7. The quantitative estimate of drug-likeness (QED) is 0.665. The van der Waals surface area contributed by atoms with Gasteiger partial charge >= 0.3 is 6.09 Å². The summed E-state index contributed by atoms with van der Waals surface area (Å²) in [5, 5.41) is 0. The fourth-order valence-electron chi connectivity index (χ4n) is 5.89. The Bertz CT molecular complexity index is 934. The van der Waals surface area contributed by atoms with Crippen molar-refractivity contribution in [2.75, 3.05) is 18.9 Å². The van der Waals surface area contributed by atoms with Gasteiger partial charge in [-0.05, 0) is 83.6 Å². The lowest BCUT2D eigenvalue weighted by Gasteiger charge is -2.51. The molecule has 3 aliphatic rings. The van der Waals surface area contributed by atoms with Gasteiger partial charge in [-0.2, -0.15) is 0 Å². The number of hydrogen-bond acceptors (Lipinski definition) is 5. The number of nitrogens with one attached hydrogen (secondary N) is 1. The van der Waals surface area contributed by atoms with Gasteiger partial charge in [0.1, 0.15) is 5.60 Å². The highest BCUT2D eigenvalue weighted by atomic mass is 32.2. The third-order valence-electron chi connectivity index (χ3n) is 7.49. The number of nitrogens with zero attached hydrogens (tertiary/aromatic N) is 1. The Morgan fingerprint density at radius 2 is 1.76 bits per heavy atom. The van der Waals surface area contributed by atoms with Crippen molar-refractivity contribution in [3.8, 4) is 0 Å². The lowest BCUT2D eigenvalue weighted by molar-refractivity contribution is -0.0588. The molecule has 190 valence electrons. The van der Waals surface area contributed by atoms with Gasteiger partial charge in [0.25, 0.3) is 0 Å². The summed E-state index contributed by atoms with van der Waals surface area (Å²) in [6, 6.07) is 10.3. The summed E-state index contributed by atoms with van der Waals surface area (Å²) in [5.74, 6) is 0.698. The molecule has 2 atom stereocenters. The molecule has 0 bridgehead atoms. The van der Waals surface area contributed by atoms with Crippen LogP contribution in [0.3, 0.4) is 0 Å². The smallest absolute Gasteiger partial charge is 0.410 e. The Balaban J connectivity index is 1.46. The Kier molecular flexibility index (Phi) is 7.60. The molecule has 2 heterocycles. The van der Waals surface area contributed by atoms with E-state index in [1.807, 2.05) is 26.8 Å². The second kappa shape index (κ2) is 10.2. The molecule has 1 aliphatic carbocycles. The van der Waals surface area contributed by atoms with E-state index in [1.165, 1.54) is 5.56 Å². The van der Waals surface area contributed by atoms with Crippen LogP contribution in [-0.2, 0) is 19.5 Å². The molecular weight excluding hydrogens is 452 g/mol. The van der Waals surface area contributed by atoms with Crippen molar-refractivity contribution < 1.29 is 22.7 Å². The molecule has 2 aliphatic heterocycles. The van der Waals surface area contributed by atoms with Crippen molar-refractivity contribution in [3.05, 3.63) is 35.9 Å². The zero-order valence-electron chi connectivity index (χ0n) is 20.8. The molecule has 3 fully saturated rings. The minimum Gasteiger partial charge on any atom is -0.444 e. The second-order valence-corrected chi connectivity index (χ2v) is 13.0. The molecule has 1 N–H and O–H groups in total. The van der Waals surface area contributed by atoms with Crippen molar-refractivity contribution in [1.29, 1.82) is 0 Å². The first-order chi connectivity index (χ1) is 16.1. The number of carbonyl (C=O) groups is 1. The lowest BCUT2D eigenvalue weighted by atomic mass is 9.78. The van der Waals surface area contributed by atoms with Crippen LogP contribution in [0.1, 0.15) is 83.6 Å². The van der Waals surface area contributed by atoms with Crippen LogP contribution in [0.15, 0.2) is 30.3 Å². The van der Waals surface area contributed by atoms with Crippen LogP contribution in [0, 0.1) is 0 Å². The molecule has 1 aromatic rings. The van der Waals surface area contributed by atoms with Crippen LogP contribution in [0.4, 0.5) is 4.79 Å². The minimum absolute atomic E-state index is 0.125. The molecular formula is C26H40N2O5S. The molecule has 1 amide bonds. The summed E-state index contributed by atoms with van der Waals surface area (Å²) < 4.78 is 40.2. The summed E-state index contributed by atoms with van der Waals surface area (Å²) in [6.45, 7) is 6.43. The SMILES string of the molecule is CC(C)(C)OC(=O)N1CCCC2(CCCS(=O)(=O)N2)C1COC1CCC(c2ccccc2)CC1. The molecule has 34 heavy (non-hydrogen) atoms. The van der Waals surface area contributed by atoms with E-state index in [0.29, 0.717) is 38.3 Å². The molecule has 2 unspecified atom stereocenters. The Hall–Kier alpha value is -1.64. The van der Waals surface area contributed by atoms with Crippen LogP contribution in [-0.4, -0.2) is 61.6 Å². The predicted molar refractivity (Wildman–Crippen MR) is 132 cm³/mol. The van der Waals surface area contributed by atoms with Crippen molar-refractivity contribution in [2.24, 2.45) is 0 Å². The van der Waals surface area contributed by atoms with Gasteiger partial charge in [0.2, 0.25) is 10.0 Å². The summed E-state index contributed by atoms with van der Waals surface area (Å²) >= 11 is 0. The highest BCUT2D eigenvalue weighted by Gasteiger charge is 2.51. The van der Waals surface area contributed by atoms with Gasteiger partial charge in [0, 0.05) is 6.54 Å². The third kappa shape index (κ3) is 6.13. The number of piperidine rings is 1. The van der Waals surface area contributed by atoms with Crippen molar-refractivity contribution >= 4 is 16.1 Å². The fourth-order valence-corrected chi connectivity index (χ4v) is 7.48. The average molecular weight is 493 g/mol. The van der Waals surface area contributed by atoms with E-state index in [9.17, 15) is 13.2 Å². The maximum Gasteiger partial charge on any atom is 0.410 e. The van der Waals surface area contributed by atoms with E-state index >= 15 is 0 Å². The Labute approximate surface area is 204 Å². The van der Waals surface area contributed by atoms with E-state index < -0.39 is 27.3 Å². The molecule has 1 spiro atoms. The first kappa shape index (κ1) is 25.5. The molecule has 1 aromatic carbocycles. The van der Waals surface area contributed by atoms with Crippen LogP contribution in [0.2, 0.25) is 0 Å². The van der Waals surface area contributed by atoms with Gasteiger partial charge < -0.3 is 14.4 Å². The maximum absolute atomic E-state index is 13.1. The fraction of sp³-hybridized carbons (Fsp3) is 0.731. The molecule has 1 saturated carbocycles. The average Bonchev–Trinajstić information content (AvgIpc) is 2.77. The van der Waals surface area contributed by atoms with Gasteiger partial charge in [-0.3, -0.25) is 0 Å². The highest BCUT2D eigenvalue weighted by Crippen LogP contribution is 2.38. The number of carbonyl (C=O) groups excluding carboxylic acids is 1. The second-order valence-electron chi connectivity index (χ2n) is 11.2. The minimum atomic E-state index is -3.37. The van der Waals surface area contributed by atoms with Crippen LogP contribution in [0.25, 0.3) is 0 Å². The largest absolute Gasteiger partial charge is 0.444 e. The van der Waals surface area contributed by atoms with Gasteiger partial charge in [-0.15, -0.1) is 0 Å². The normalized spacial score (nSPS) is 31.9. The van der Waals surface area contributed by atoms with Gasteiger partial charge in [-0.25, -0.2) is 17.9 Å². The van der Waals surface area contributed by atoms with Crippen molar-refractivity contribution in [2.45, 2.75) is 101 Å². The molecule has 0 aromatic heterocycles. The maximum atomic E-state index is 13.1. The predicted octanol–water partition coefficient (Wildman–Crippen LogP) is 4.58. The topological polar surface area (TPSA) is 84.9 Å². The standard InChI is InChI=1S/C26H40N2O5S/c1-25(2,3)33-24(29)28-17-7-15-26(16-8-18-34(30,31)27-26)23(28)19-32-22-13-11-21(12-14-22)20-9-5-4-6-10-20/h4-6,9-10,21-23,27H,7-8,11-19H2,1-3H3. The third-order valence-corrected chi connectivity index (χ3v) is 9.04.